The molecule has 0 spiro atoms. The maximum Gasteiger partial charge on any atom is 0.416 e. The monoisotopic (exact) mass is 405 g/mol. The Morgan fingerprint density at radius 3 is 2.52 bits per heavy atom. The van der Waals surface area contributed by atoms with Gasteiger partial charge in [0.2, 0.25) is 6.79 Å². The summed E-state index contributed by atoms with van der Waals surface area (Å²) in [5.74, 6) is 0.903. The van der Waals surface area contributed by atoms with Gasteiger partial charge in [0.15, 0.2) is 11.5 Å². The van der Waals surface area contributed by atoms with Crippen molar-refractivity contribution in [2.45, 2.75) is 50.9 Å². The van der Waals surface area contributed by atoms with Crippen molar-refractivity contribution in [2.24, 2.45) is 0 Å². The number of nitrogens with zero attached hydrogens (tertiary/aromatic N) is 1. The van der Waals surface area contributed by atoms with E-state index < -0.39 is 11.7 Å². The van der Waals surface area contributed by atoms with Crippen molar-refractivity contribution in [3.05, 3.63) is 59.2 Å². The molecule has 4 rings (SSSR count). The third-order valence-corrected chi connectivity index (χ3v) is 5.50. The van der Waals surface area contributed by atoms with Gasteiger partial charge in [0.1, 0.15) is 0 Å². The topological polar surface area (TPSA) is 38.8 Å². The van der Waals surface area contributed by atoms with Crippen molar-refractivity contribution >= 4 is 5.91 Å². The maximum atomic E-state index is 13.3. The summed E-state index contributed by atoms with van der Waals surface area (Å²) >= 11 is 0. The lowest BCUT2D eigenvalue weighted by atomic mass is 9.93. The van der Waals surface area contributed by atoms with Gasteiger partial charge in [-0.3, -0.25) is 4.79 Å². The molecule has 0 unspecified atom stereocenters. The van der Waals surface area contributed by atoms with Gasteiger partial charge in [-0.2, -0.15) is 13.2 Å². The molecule has 2 aliphatic rings. The van der Waals surface area contributed by atoms with Gasteiger partial charge in [-0.15, -0.1) is 0 Å². The van der Waals surface area contributed by atoms with Crippen LogP contribution in [0.3, 0.4) is 0 Å². The van der Waals surface area contributed by atoms with Crippen molar-refractivity contribution in [2.75, 3.05) is 6.79 Å². The first kappa shape index (κ1) is 19.6. The van der Waals surface area contributed by atoms with Crippen molar-refractivity contribution in [1.82, 2.24) is 4.90 Å². The number of hydrogen-bond donors (Lipinski definition) is 0. The smallest absolute Gasteiger partial charge is 0.416 e. The average molecular weight is 405 g/mol. The SMILES string of the molecule is O=C(c1cccc(C(F)(F)F)c1)N(Cc1ccc2c(c1)OCO2)C1CCCCC1. The van der Waals surface area contributed by atoms with Crippen molar-refractivity contribution in [3.63, 3.8) is 0 Å². The fourth-order valence-corrected chi connectivity index (χ4v) is 3.99. The van der Waals surface area contributed by atoms with Gasteiger partial charge in [0.25, 0.3) is 5.91 Å². The van der Waals surface area contributed by atoms with Crippen LogP contribution in [0.25, 0.3) is 0 Å². The van der Waals surface area contributed by atoms with Crippen LogP contribution in [0.1, 0.15) is 53.6 Å². The largest absolute Gasteiger partial charge is 0.454 e. The predicted octanol–water partition coefficient (Wildman–Crippen LogP) is 5.41. The van der Waals surface area contributed by atoms with Gasteiger partial charge in [0, 0.05) is 18.2 Å². The molecular weight excluding hydrogens is 383 g/mol. The van der Waals surface area contributed by atoms with Gasteiger partial charge < -0.3 is 14.4 Å². The summed E-state index contributed by atoms with van der Waals surface area (Å²) in [6, 6.07) is 10.2. The molecule has 1 aliphatic carbocycles. The zero-order valence-corrected chi connectivity index (χ0v) is 15.9. The highest BCUT2D eigenvalue weighted by molar-refractivity contribution is 5.94. The fourth-order valence-electron chi connectivity index (χ4n) is 3.99. The number of benzene rings is 2. The van der Waals surface area contributed by atoms with Gasteiger partial charge in [-0.05, 0) is 48.7 Å². The van der Waals surface area contributed by atoms with Crippen LogP contribution < -0.4 is 9.47 Å². The number of hydrogen-bond acceptors (Lipinski definition) is 3. The van der Waals surface area contributed by atoms with E-state index in [-0.39, 0.29) is 24.3 Å². The van der Waals surface area contributed by atoms with E-state index >= 15 is 0 Å². The number of carbonyl (C=O) groups excluding carboxylic acids is 1. The summed E-state index contributed by atoms with van der Waals surface area (Å²) in [5.41, 5.74) is 0.112. The minimum absolute atomic E-state index is 0.0104. The quantitative estimate of drug-likeness (QED) is 0.683. The number of fused-ring (bicyclic) bond motifs is 1. The lowest BCUT2D eigenvalue weighted by Gasteiger charge is -2.34. The molecule has 1 aliphatic heterocycles. The predicted molar refractivity (Wildman–Crippen MR) is 101 cm³/mol. The minimum atomic E-state index is -4.48. The summed E-state index contributed by atoms with van der Waals surface area (Å²) < 4.78 is 50.1. The first-order chi connectivity index (χ1) is 13.9. The summed E-state index contributed by atoms with van der Waals surface area (Å²) in [6.07, 6.45) is 0.371. The lowest BCUT2D eigenvalue weighted by molar-refractivity contribution is -0.137. The van der Waals surface area contributed by atoms with E-state index in [2.05, 4.69) is 0 Å². The zero-order chi connectivity index (χ0) is 20.4. The number of carbonyl (C=O) groups is 1. The lowest BCUT2D eigenvalue weighted by Crippen LogP contribution is -2.41. The van der Waals surface area contributed by atoms with E-state index in [1.165, 1.54) is 12.1 Å². The first-order valence-corrected chi connectivity index (χ1v) is 9.78. The summed E-state index contributed by atoms with van der Waals surface area (Å²) in [4.78, 5) is 15.0. The zero-order valence-electron chi connectivity index (χ0n) is 15.9. The van der Waals surface area contributed by atoms with E-state index in [9.17, 15) is 18.0 Å². The third kappa shape index (κ3) is 4.33. The molecule has 4 nitrogen and oxygen atoms in total. The number of alkyl halides is 3. The van der Waals surface area contributed by atoms with E-state index in [4.69, 9.17) is 9.47 Å². The second kappa shape index (κ2) is 7.97. The highest BCUT2D eigenvalue weighted by Crippen LogP contribution is 2.34. The summed E-state index contributed by atoms with van der Waals surface area (Å²) in [5, 5.41) is 0. The van der Waals surface area contributed by atoms with Crippen molar-refractivity contribution in [3.8, 4) is 11.5 Å². The Morgan fingerprint density at radius 1 is 1.00 bits per heavy atom. The van der Waals surface area contributed by atoms with Gasteiger partial charge in [0.05, 0.1) is 5.56 Å². The Morgan fingerprint density at radius 2 is 1.76 bits per heavy atom. The second-order valence-electron chi connectivity index (χ2n) is 7.49. The molecule has 1 fully saturated rings. The molecule has 0 saturated heterocycles. The molecule has 2 aromatic carbocycles. The number of halogens is 3. The molecule has 0 aromatic heterocycles. The van der Waals surface area contributed by atoms with Crippen molar-refractivity contribution in [1.29, 1.82) is 0 Å². The van der Waals surface area contributed by atoms with Gasteiger partial charge in [-0.1, -0.05) is 31.4 Å². The van der Waals surface area contributed by atoms with Crippen LogP contribution in [-0.4, -0.2) is 23.6 Å². The Labute approximate surface area is 167 Å². The molecule has 0 atom stereocenters. The van der Waals surface area contributed by atoms with Crippen LogP contribution >= 0.6 is 0 Å². The third-order valence-electron chi connectivity index (χ3n) is 5.50. The number of ether oxygens (including phenoxy) is 2. The second-order valence-corrected chi connectivity index (χ2v) is 7.49. The van der Waals surface area contributed by atoms with Crippen LogP contribution in [-0.2, 0) is 12.7 Å². The molecule has 1 heterocycles. The standard InChI is InChI=1S/C22H22F3NO3/c23-22(24,25)17-6-4-5-16(12-17)21(27)26(18-7-2-1-3-8-18)13-15-9-10-19-20(11-15)29-14-28-19/h4-6,9-12,18H,1-3,7-8,13-14H2. The van der Waals surface area contributed by atoms with E-state index in [1.54, 1.807) is 11.0 Å². The molecule has 0 radical (unpaired) electrons. The molecule has 154 valence electrons. The Kier molecular flexibility index (Phi) is 5.39. The van der Waals surface area contributed by atoms with Gasteiger partial charge in [-0.25, -0.2) is 0 Å². The maximum absolute atomic E-state index is 13.3. The van der Waals surface area contributed by atoms with Crippen LogP contribution in [0.15, 0.2) is 42.5 Å². The van der Waals surface area contributed by atoms with Crippen LogP contribution in [0, 0.1) is 0 Å². The highest BCUT2D eigenvalue weighted by Gasteiger charge is 2.32. The van der Waals surface area contributed by atoms with E-state index in [1.807, 2.05) is 12.1 Å². The number of rotatable bonds is 4. The Bertz CT molecular complexity index is 891. The molecule has 7 heteroatoms. The molecular formula is C22H22F3NO3. The van der Waals surface area contributed by atoms with Crippen LogP contribution in [0.5, 0.6) is 11.5 Å². The number of amides is 1. The molecule has 1 amide bonds. The molecule has 29 heavy (non-hydrogen) atoms. The molecule has 1 saturated carbocycles. The first-order valence-electron chi connectivity index (χ1n) is 9.78. The average Bonchev–Trinajstić information content (AvgIpc) is 3.19. The Hall–Kier alpha value is -2.70. The molecule has 0 bridgehead atoms. The van der Waals surface area contributed by atoms with Crippen molar-refractivity contribution < 1.29 is 27.4 Å². The summed E-state index contributed by atoms with van der Waals surface area (Å²) in [6.45, 7) is 0.477. The Balaban J connectivity index is 1.62. The summed E-state index contributed by atoms with van der Waals surface area (Å²) in [7, 11) is 0. The normalized spacial score (nSPS) is 16.7. The molecule has 2 aromatic rings. The minimum Gasteiger partial charge on any atom is -0.454 e. The van der Waals surface area contributed by atoms with E-state index in [0.29, 0.717) is 18.0 Å². The van der Waals surface area contributed by atoms with Crippen LogP contribution in [0.2, 0.25) is 0 Å². The highest BCUT2D eigenvalue weighted by atomic mass is 19.4. The van der Waals surface area contributed by atoms with Crippen LogP contribution in [0.4, 0.5) is 13.2 Å². The van der Waals surface area contributed by atoms with E-state index in [0.717, 1.165) is 49.8 Å². The fraction of sp³-hybridized carbons (Fsp3) is 0.409. The van der Waals surface area contributed by atoms with Gasteiger partial charge >= 0.3 is 6.18 Å². The molecule has 0 N–H and O–H groups in total.